The smallest absolute Gasteiger partial charge is 0.225 e. The van der Waals surface area contributed by atoms with Gasteiger partial charge in [0.25, 0.3) is 0 Å². The molecule has 16 heavy (non-hydrogen) atoms. The maximum Gasteiger partial charge on any atom is 0.225 e. The van der Waals surface area contributed by atoms with Gasteiger partial charge in [0.1, 0.15) is 0 Å². The highest BCUT2D eigenvalue weighted by atomic mass is 15.2. The van der Waals surface area contributed by atoms with Crippen LogP contribution in [0.2, 0.25) is 0 Å². The fourth-order valence-electron chi connectivity index (χ4n) is 1.47. The maximum absolute atomic E-state index is 5.50. The summed E-state index contributed by atoms with van der Waals surface area (Å²) in [5.74, 6) is 1.24. The van der Waals surface area contributed by atoms with Gasteiger partial charge < -0.3 is 10.6 Å². The van der Waals surface area contributed by atoms with E-state index in [0.717, 1.165) is 30.3 Å². The molecule has 1 rings (SSSR count). The van der Waals surface area contributed by atoms with Crippen LogP contribution in [0.5, 0.6) is 0 Å². The quantitative estimate of drug-likeness (QED) is 0.823. The standard InChI is InChI=1S/C12H22N4/c1-9(2)11-8-10(3)14-12(15-11)16(4)7-5-6-13/h8-9H,5-7,13H2,1-4H3. The highest BCUT2D eigenvalue weighted by molar-refractivity contribution is 5.31. The lowest BCUT2D eigenvalue weighted by atomic mass is 10.1. The average molecular weight is 222 g/mol. The lowest BCUT2D eigenvalue weighted by Gasteiger charge is -2.18. The van der Waals surface area contributed by atoms with Crippen LogP contribution in [0.15, 0.2) is 6.07 Å². The number of hydrogen-bond acceptors (Lipinski definition) is 4. The first kappa shape index (κ1) is 12.9. The summed E-state index contributed by atoms with van der Waals surface area (Å²) in [7, 11) is 2.01. The van der Waals surface area contributed by atoms with E-state index < -0.39 is 0 Å². The SMILES string of the molecule is Cc1cc(C(C)C)nc(N(C)CCCN)n1. The van der Waals surface area contributed by atoms with Crippen molar-refractivity contribution in [2.45, 2.75) is 33.1 Å². The summed E-state index contributed by atoms with van der Waals surface area (Å²) in [6.45, 7) is 7.90. The van der Waals surface area contributed by atoms with E-state index in [0.29, 0.717) is 12.5 Å². The molecule has 0 saturated carbocycles. The van der Waals surface area contributed by atoms with Gasteiger partial charge in [-0.1, -0.05) is 13.8 Å². The lowest BCUT2D eigenvalue weighted by Crippen LogP contribution is -2.23. The number of aryl methyl sites for hydroxylation is 1. The molecule has 4 heteroatoms. The van der Waals surface area contributed by atoms with Crippen LogP contribution in [0, 0.1) is 6.92 Å². The van der Waals surface area contributed by atoms with E-state index >= 15 is 0 Å². The average Bonchev–Trinajstić information content (AvgIpc) is 2.24. The molecule has 1 aromatic rings. The van der Waals surface area contributed by atoms with Crippen LogP contribution in [0.3, 0.4) is 0 Å². The van der Waals surface area contributed by atoms with Crippen molar-refractivity contribution in [2.24, 2.45) is 5.73 Å². The van der Waals surface area contributed by atoms with E-state index in [1.54, 1.807) is 0 Å². The minimum Gasteiger partial charge on any atom is -0.344 e. The molecule has 1 aromatic heterocycles. The van der Waals surface area contributed by atoms with Crippen molar-refractivity contribution in [3.8, 4) is 0 Å². The maximum atomic E-state index is 5.50. The molecule has 0 aliphatic heterocycles. The Morgan fingerprint density at radius 2 is 2.06 bits per heavy atom. The van der Waals surface area contributed by atoms with Gasteiger partial charge in [0, 0.05) is 25.0 Å². The first-order valence-electron chi connectivity index (χ1n) is 5.81. The molecule has 0 unspecified atom stereocenters. The predicted molar refractivity (Wildman–Crippen MR) is 67.8 cm³/mol. The van der Waals surface area contributed by atoms with Crippen molar-refractivity contribution in [1.82, 2.24) is 9.97 Å². The molecule has 0 atom stereocenters. The zero-order valence-corrected chi connectivity index (χ0v) is 10.7. The fourth-order valence-corrected chi connectivity index (χ4v) is 1.47. The summed E-state index contributed by atoms with van der Waals surface area (Å²) >= 11 is 0. The van der Waals surface area contributed by atoms with Crippen LogP contribution < -0.4 is 10.6 Å². The first-order chi connectivity index (χ1) is 7.54. The van der Waals surface area contributed by atoms with Crippen LogP contribution in [0.4, 0.5) is 5.95 Å². The van der Waals surface area contributed by atoms with Crippen molar-refractivity contribution in [3.05, 3.63) is 17.5 Å². The summed E-state index contributed by atoms with van der Waals surface area (Å²) < 4.78 is 0. The van der Waals surface area contributed by atoms with E-state index in [-0.39, 0.29) is 0 Å². The van der Waals surface area contributed by atoms with Crippen LogP contribution >= 0.6 is 0 Å². The Kier molecular flexibility index (Phi) is 4.68. The lowest BCUT2D eigenvalue weighted by molar-refractivity contribution is 0.751. The molecule has 0 aliphatic rings. The van der Waals surface area contributed by atoms with E-state index in [1.807, 2.05) is 20.0 Å². The van der Waals surface area contributed by atoms with Crippen molar-refractivity contribution < 1.29 is 0 Å². The Hall–Kier alpha value is -1.16. The van der Waals surface area contributed by atoms with Crippen LogP contribution in [-0.4, -0.2) is 30.1 Å². The molecule has 0 spiro atoms. The second-order valence-electron chi connectivity index (χ2n) is 4.45. The third kappa shape index (κ3) is 3.45. The van der Waals surface area contributed by atoms with Gasteiger partial charge in [0.15, 0.2) is 0 Å². The topological polar surface area (TPSA) is 55.0 Å². The highest BCUT2D eigenvalue weighted by Crippen LogP contribution is 2.16. The van der Waals surface area contributed by atoms with Crippen molar-refractivity contribution in [1.29, 1.82) is 0 Å². The molecule has 4 nitrogen and oxygen atoms in total. The van der Waals surface area contributed by atoms with Gasteiger partial charge in [-0.15, -0.1) is 0 Å². The molecule has 90 valence electrons. The summed E-state index contributed by atoms with van der Waals surface area (Å²) in [5.41, 5.74) is 7.62. The van der Waals surface area contributed by atoms with E-state index in [9.17, 15) is 0 Å². The van der Waals surface area contributed by atoms with Gasteiger partial charge in [0.2, 0.25) is 5.95 Å². The Bertz CT molecular complexity index is 336. The van der Waals surface area contributed by atoms with Crippen molar-refractivity contribution >= 4 is 5.95 Å². The van der Waals surface area contributed by atoms with Crippen molar-refractivity contribution in [2.75, 3.05) is 25.0 Å². The molecule has 0 amide bonds. The number of nitrogens with zero attached hydrogens (tertiary/aromatic N) is 3. The number of nitrogens with two attached hydrogens (primary N) is 1. The van der Waals surface area contributed by atoms with Crippen LogP contribution in [0.1, 0.15) is 37.6 Å². The minimum atomic E-state index is 0.434. The van der Waals surface area contributed by atoms with Crippen molar-refractivity contribution in [3.63, 3.8) is 0 Å². The molecular formula is C12H22N4. The number of rotatable bonds is 5. The third-order valence-electron chi connectivity index (χ3n) is 2.49. The molecule has 0 bridgehead atoms. The van der Waals surface area contributed by atoms with E-state index in [1.165, 1.54) is 0 Å². The van der Waals surface area contributed by atoms with Gasteiger partial charge in [-0.2, -0.15) is 0 Å². The molecule has 0 aliphatic carbocycles. The normalized spacial score (nSPS) is 10.9. The molecule has 2 N–H and O–H groups in total. The molecular weight excluding hydrogens is 200 g/mol. The summed E-state index contributed by atoms with van der Waals surface area (Å²) in [5, 5.41) is 0. The Labute approximate surface area is 97.9 Å². The number of anilines is 1. The Balaban J connectivity index is 2.86. The monoisotopic (exact) mass is 222 g/mol. The van der Waals surface area contributed by atoms with Crippen LogP contribution in [-0.2, 0) is 0 Å². The molecule has 0 fully saturated rings. The van der Waals surface area contributed by atoms with Gasteiger partial charge in [0.05, 0.1) is 0 Å². The largest absolute Gasteiger partial charge is 0.344 e. The first-order valence-corrected chi connectivity index (χ1v) is 5.81. The zero-order chi connectivity index (χ0) is 12.1. The number of hydrogen-bond donors (Lipinski definition) is 1. The Morgan fingerprint density at radius 3 is 2.62 bits per heavy atom. The second-order valence-corrected chi connectivity index (χ2v) is 4.45. The minimum absolute atomic E-state index is 0.434. The van der Waals surface area contributed by atoms with Crippen LogP contribution in [0.25, 0.3) is 0 Å². The summed E-state index contributed by atoms with van der Waals surface area (Å²) in [4.78, 5) is 11.1. The molecule has 1 heterocycles. The zero-order valence-electron chi connectivity index (χ0n) is 10.7. The van der Waals surface area contributed by atoms with E-state index in [2.05, 4.69) is 28.7 Å². The fraction of sp³-hybridized carbons (Fsp3) is 0.667. The Morgan fingerprint density at radius 1 is 1.38 bits per heavy atom. The summed E-state index contributed by atoms with van der Waals surface area (Å²) in [6.07, 6.45) is 0.963. The van der Waals surface area contributed by atoms with Gasteiger partial charge in [-0.05, 0) is 31.9 Å². The third-order valence-corrected chi connectivity index (χ3v) is 2.49. The van der Waals surface area contributed by atoms with Gasteiger partial charge in [-0.25, -0.2) is 9.97 Å². The second kappa shape index (κ2) is 5.80. The molecule has 0 saturated heterocycles. The van der Waals surface area contributed by atoms with Gasteiger partial charge >= 0.3 is 0 Å². The predicted octanol–water partition coefficient (Wildman–Crippen LogP) is 1.69. The molecule has 0 radical (unpaired) electrons. The van der Waals surface area contributed by atoms with Gasteiger partial charge in [-0.3, -0.25) is 0 Å². The number of aromatic nitrogens is 2. The molecule has 0 aromatic carbocycles. The highest BCUT2D eigenvalue weighted by Gasteiger charge is 2.08. The van der Waals surface area contributed by atoms with E-state index in [4.69, 9.17) is 5.73 Å². The summed E-state index contributed by atoms with van der Waals surface area (Å²) in [6, 6.07) is 2.05.